The molecule has 0 saturated heterocycles. The van der Waals surface area contributed by atoms with Crippen LogP contribution in [-0.2, 0) is 0 Å². The first-order valence-electron chi connectivity index (χ1n) is 5.52. The zero-order valence-corrected chi connectivity index (χ0v) is 9.96. The lowest BCUT2D eigenvalue weighted by Crippen LogP contribution is -2.00. The van der Waals surface area contributed by atoms with Crippen molar-refractivity contribution < 1.29 is 0 Å². The van der Waals surface area contributed by atoms with Crippen molar-refractivity contribution >= 4 is 0 Å². The summed E-state index contributed by atoms with van der Waals surface area (Å²) in [6.45, 7) is 11.0. The highest BCUT2D eigenvalue weighted by Gasteiger charge is 2.08. The predicted octanol–water partition coefficient (Wildman–Crippen LogP) is 4.03. The van der Waals surface area contributed by atoms with Crippen LogP contribution in [0.4, 0.5) is 0 Å². The van der Waals surface area contributed by atoms with Gasteiger partial charge in [0, 0.05) is 11.9 Å². The third kappa shape index (κ3) is 2.34. The Morgan fingerprint density at radius 3 is 2.36 bits per heavy atom. The number of hydrogen-bond donors (Lipinski definition) is 0. The lowest BCUT2D eigenvalue weighted by molar-refractivity contribution is 0.720. The average molecular weight is 191 g/mol. The molecule has 0 N–H and O–H groups in total. The van der Waals surface area contributed by atoms with Crippen molar-refractivity contribution in [3.8, 4) is 0 Å². The van der Waals surface area contributed by atoms with E-state index in [-0.39, 0.29) is 0 Å². The molecule has 1 heteroatoms. The van der Waals surface area contributed by atoms with Crippen LogP contribution in [0, 0.1) is 6.92 Å². The first-order chi connectivity index (χ1) is 6.56. The molecule has 1 atom stereocenters. The molecule has 1 aromatic heterocycles. The number of aromatic nitrogens is 1. The number of pyridine rings is 1. The van der Waals surface area contributed by atoms with Crippen LogP contribution in [-0.4, -0.2) is 4.98 Å². The van der Waals surface area contributed by atoms with Crippen molar-refractivity contribution in [2.24, 2.45) is 0 Å². The fourth-order valence-electron chi connectivity index (χ4n) is 1.72. The molecule has 1 rings (SSSR count). The van der Waals surface area contributed by atoms with Gasteiger partial charge >= 0.3 is 0 Å². The van der Waals surface area contributed by atoms with Gasteiger partial charge in [-0.3, -0.25) is 4.98 Å². The molecule has 1 nitrogen and oxygen atoms in total. The molecule has 0 radical (unpaired) electrons. The summed E-state index contributed by atoms with van der Waals surface area (Å²) in [4.78, 5) is 4.55. The summed E-state index contributed by atoms with van der Waals surface area (Å²) >= 11 is 0. The number of aryl methyl sites for hydroxylation is 1. The van der Waals surface area contributed by atoms with Gasteiger partial charge in [0.25, 0.3) is 0 Å². The predicted molar refractivity (Wildman–Crippen MR) is 61.8 cm³/mol. The van der Waals surface area contributed by atoms with Crippen molar-refractivity contribution in [3.63, 3.8) is 0 Å². The van der Waals surface area contributed by atoms with E-state index in [1.807, 2.05) is 6.20 Å². The normalized spacial score (nSPS) is 13.3. The molecule has 1 aromatic rings. The van der Waals surface area contributed by atoms with Crippen LogP contribution in [0.15, 0.2) is 12.3 Å². The average Bonchev–Trinajstić information content (AvgIpc) is 2.15. The van der Waals surface area contributed by atoms with Crippen LogP contribution in [0.2, 0.25) is 0 Å². The minimum absolute atomic E-state index is 0.529. The zero-order chi connectivity index (χ0) is 10.7. The molecular formula is C13H21N. The molecule has 78 valence electrons. The zero-order valence-electron chi connectivity index (χ0n) is 9.96. The lowest BCUT2D eigenvalue weighted by atomic mass is 9.96. The Balaban J connectivity index is 3.00. The molecule has 0 bridgehead atoms. The van der Waals surface area contributed by atoms with Gasteiger partial charge in [0.1, 0.15) is 0 Å². The van der Waals surface area contributed by atoms with E-state index in [4.69, 9.17) is 0 Å². The quantitative estimate of drug-likeness (QED) is 0.703. The Morgan fingerprint density at radius 1 is 1.29 bits per heavy atom. The van der Waals surface area contributed by atoms with Gasteiger partial charge in [-0.15, -0.1) is 0 Å². The monoisotopic (exact) mass is 191 g/mol. The van der Waals surface area contributed by atoms with E-state index >= 15 is 0 Å². The number of nitrogens with zero attached hydrogens (tertiary/aromatic N) is 1. The molecule has 0 aliphatic carbocycles. The summed E-state index contributed by atoms with van der Waals surface area (Å²) in [7, 11) is 0. The molecule has 1 heterocycles. The third-order valence-corrected chi connectivity index (χ3v) is 2.87. The van der Waals surface area contributed by atoms with Crippen molar-refractivity contribution in [2.45, 2.75) is 52.9 Å². The van der Waals surface area contributed by atoms with Gasteiger partial charge in [0.15, 0.2) is 0 Å². The molecule has 0 aromatic carbocycles. The van der Waals surface area contributed by atoms with Crippen molar-refractivity contribution in [1.29, 1.82) is 0 Å². The van der Waals surface area contributed by atoms with Gasteiger partial charge in [-0.05, 0) is 36.3 Å². The van der Waals surface area contributed by atoms with E-state index in [9.17, 15) is 0 Å². The van der Waals surface area contributed by atoms with E-state index < -0.39 is 0 Å². The van der Waals surface area contributed by atoms with Gasteiger partial charge in [-0.2, -0.15) is 0 Å². The Labute approximate surface area is 87.6 Å². The van der Waals surface area contributed by atoms with Crippen molar-refractivity contribution in [2.75, 3.05) is 0 Å². The summed E-state index contributed by atoms with van der Waals surface area (Å²) in [6, 6.07) is 2.29. The fourth-order valence-corrected chi connectivity index (χ4v) is 1.72. The van der Waals surface area contributed by atoms with E-state index in [2.05, 4.69) is 45.7 Å². The Bertz CT molecular complexity index is 302. The summed E-state index contributed by atoms with van der Waals surface area (Å²) in [5.41, 5.74) is 3.93. The van der Waals surface area contributed by atoms with Gasteiger partial charge in [-0.25, -0.2) is 0 Å². The topological polar surface area (TPSA) is 12.9 Å². The molecular weight excluding hydrogens is 170 g/mol. The van der Waals surface area contributed by atoms with Crippen LogP contribution >= 0.6 is 0 Å². The van der Waals surface area contributed by atoms with Crippen LogP contribution in [0.25, 0.3) is 0 Å². The largest absolute Gasteiger partial charge is 0.260 e. The Kier molecular flexibility index (Phi) is 3.68. The molecule has 0 spiro atoms. The molecule has 0 amide bonds. The fraction of sp³-hybridized carbons (Fsp3) is 0.615. The van der Waals surface area contributed by atoms with Gasteiger partial charge in [0.2, 0.25) is 0 Å². The maximum absolute atomic E-state index is 4.55. The summed E-state index contributed by atoms with van der Waals surface area (Å²) in [5.74, 6) is 1.16. The Hall–Kier alpha value is -0.850. The Morgan fingerprint density at radius 2 is 1.93 bits per heavy atom. The molecule has 0 aliphatic heterocycles. The SMILES string of the molecule is CCC(C)c1cnc(C(C)C)c(C)c1. The van der Waals surface area contributed by atoms with Crippen LogP contribution in [0.5, 0.6) is 0 Å². The third-order valence-electron chi connectivity index (χ3n) is 2.87. The minimum Gasteiger partial charge on any atom is -0.260 e. The molecule has 1 unspecified atom stereocenters. The molecule has 0 fully saturated rings. The summed E-state index contributed by atoms with van der Waals surface area (Å²) < 4.78 is 0. The second-order valence-electron chi connectivity index (χ2n) is 4.43. The van der Waals surface area contributed by atoms with Gasteiger partial charge < -0.3 is 0 Å². The second kappa shape index (κ2) is 4.59. The van der Waals surface area contributed by atoms with Crippen molar-refractivity contribution in [3.05, 3.63) is 29.1 Å². The maximum Gasteiger partial charge on any atom is 0.0458 e. The first-order valence-corrected chi connectivity index (χ1v) is 5.52. The van der Waals surface area contributed by atoms with E-state index in [1.54, 1.807) is 0 Å². The van der Waals surface area contributed by atoms with Gasteiger partial charge in [-0.1, -0.05) is 33.8 Å². The highest BCUT2D eigenvalue weighted by molar-refractivity contribution is 5.27. The summed E-state index contributed by atoms with van der Waals surface area (Å²) in [6.07, 6.45) is 3.22. The van der Waals surface area contributed by atoms with Crippen LogP contribution in [0.3, 0.4) is 0 Å². The van der Waals surface area contributed by atoms with Gasteiger partial charge in [0.05, 0.1) is 0 Å². The number of hydrogen-bond acceptors (Lipinski definition) is 1. The van der Waals surface area contributed by atoms with E-state index in [0.29, 0.717) is 11.8 Å². The first kappa shape index (κ1) is 11.2. The minimum atomic E-state index is 0.529. The number of rotatable bonds is 3. The van der Waals surface area contributed by atoms with Crippen molar-refractivity contribution in [1.82, 2.24) is 4.98 Å². The maximum atomic E-state index is 4.55. The second-order valence-corrected chi connectivity index (χ2v) is 4.43. The molecule has 0 aliphatic rings. The van der Waals surface area contributed by atoms with Crippen LogP contribution in [0.1, 0.15) is 62.8 Å². The highest BCUT2D eigenvalue weighted by Crippen LogP contribution is 2.22. The van der Waals surface area contributed by atoms with E-state index in [1.165, 1.54) is 23.2 Å². The smallest absolute Gasteiger partial charge is 0.0458 e. The highest BCUT2D eigenvalue weighted by atomic mass is 14.7. The molecule has 0 saturated carbocycles. The molecule has 14 heavy (non-hydrogen) atoms. The lowest BCUT2D eigenvalue weighted by Gasteiger charge is -2.13. The van der Waals surface area contributed by atoms with Crippen LogP contribution < -0.4 is 0 Å². The van der Waals surface area contributed by atoms with E-state index in [0.717, 1.165) is 0 Å². The summed E-state index contributed by atoms with van der Waals surface area (Å²) in [5, 5.41) is 0. The standard InChI is InChI=1S/C13H21N/c1-6-10(4)12-7-11(5)13(9(2)3)14-8-12/h7-10H,6H2,1-5H3.